The molecule has 0 spiro atoms. The van der Waals surface area contributed by atoms with Crippen molar-refractivity contribution in [3.63, 3.8) is 0 Å². The van der Waals surface area contributed by atoms with Crippen molar-refractivity contribution in [3.05, 3.63) is 0 Å². The van der Waals surface area contributed by atoms with E-state index in [9.17, 15) is 0 Å². The summed E-state index contributed by atoms with van der Waals surface area (Å²) in [4.78, 5) is 0. The Morgan fingerprint density at radius 2 is 0.822 bits per heavy atom. The van der Waals surface area contributed by atoms with Gasteiger partial charge in [0.25, 0.3) is 0 Å². The number of hydrogen-bond acceptors (Lipinski definition) is 9. The van der Waals surface area contributed by atoms with E-state index in [1.54, 1.807) is 6.42 Å². The highest BCUT2D eigenvalue weighted by atomic mass is 16.5. The predicted molar refractivity (Wildman–Crippen MR) is 450 cm³/mol. The lowest BCUT2D eigenvalue weighted by Gasteiger charge is -2.56. The Bertz CT molecular complexity index is 2190. The Balaban J connectivity index is 0.000000152. The van der Waals surface area contributed by atoms with Gasteiger partial charge in [-0.2, -0.15) is 0 Å². The molecule has 18 aliphatic rings. The number of hydrogen-bond donors (Lipinski definition) is 0. The fourth-order valence-electron chi connectivity index (χ4n) is 26.1. The molecule has 0 aliphatic heterocycles. The van der Waals surface area contributed by atoms with E-state index < -0.39 is 0 Å². The van der Waals surface area contributed by atoms with Gasteiger partial charge in [-0.25, -0.2) is 0 Å². The Morgan fingerprint density at radius 3 is 1.29 bits per heavy atom. The molecule has 0 N–H and O–H groups in total. The maximum atomic E-state index is 6.04. The van der Waals surface area contributed by atoms with Gasteiger partial charge in [0.05, 0.1) is 30.0 Å². The SMILES string of the molecule is CCOC12CC3CC(CC(C3)C1)C2.CCOC1C2CC3CC(C2)CC1C3.CCOC1CC(C)CCC1C(C)C.CCOC1CC2CCC1C2.CCOC1CCCCC1(C)C(C)(C)C.CCOCC1CC2CCC1C2.CCOCC1CCCCC1.CCOCCC1CC2CCC1C2.CCOCCC1CCCCC1. The molecule has 107 heavy (non-hydrogen) atoms. The van der Waals surface area contributed by atoms with Crippen LogP contribution in [-0.4, -0.2) is 116 Å². The van der Waals surface area contributed by atoms with E-state index in [0.717, 1.165) is 204 Å². The zero-order valence-electron chi connectivity index (χ0n) is 73.9. The lowest BCUT2D eigenvalue weighted by atomic mass is 9.54. The van der Waals surface area contributed by atoms with Crippen molar-refractivity contribution >= 4 is 0 Å². The third kappa shape index (κ3) is 29.6. The second-order valence-corrected chi connectivity index (χ2v) is 40.4. The van der Waals surface area contributed by atoms with Crippen molar-refractivity contribution in [1.82, 2.24) is 0 Å². The van der Waals surface area contributed by atoms with Crippen LogP contribution in [0, 0.1) is 129 Å². The second-order valence-electron chi connectivity index (χ2n) is 40.4. The lowest BCUT2D eigenvalue weighted by molar-refractivity contribution is -0.159. The molecule has 0 aromatic rings. The summed E-state index contributed by atoms with van der Waals surface area (Å²) in [6.45, 7) is 47.5. The molecule has 0 heterocycles. The Labute approximate surface area is 664 Å². The first-order valence-corrected chi connectivity index (χ1v) is 48.2. The molecule has 18 fully saturated rings. The molecule has 18 aliphatic carbocycles. The van der Waals surface area contributed by atoms with Crippen LogP contribution in [-0.2, 0) is 42.6 Å². The average molecular weight is 1500 g/mol. The van der Waals surface area contributed by atoms with E-state index in [-0.39, 0.29) is 0 Å². The molecule has 0 radical (unpaired) electrons. The predicted octanol–water partition coefficient (Wildman–Crippen LogP) is 26.5. The van der Waals surface area contributed by atoms with Crippen molar-refractivity contribution in [1.29, 1.82) is 0 Å². The monoisotopic (exact) mass is 1500 g/mol. The average Bonchev–Trinajstić information content (AvgIpc) is 1.70. The number of ether oxygens (including phenoxy) is 9. The summed E-state index contributed by atoms with van der Waals surface area (Å²) in [5.74, 6) is 19.6. The van der Waals surface area contributed by atoms with Crippen LogP contribution in [0.5, 0.6) is 0 Å². The van der Waals surface area contributed by atoms with Crippen LogP contribution in [0.2, 0.25) is 0 Å². The van der Waals surface area contributed by atoms with E-state index in [4.69, 9.17) is 42.6 Å². The van der Waals surface area contributed by atoms with E-state index in [2.05, 4.69) is 111 Å². The summed E-state index contributed by atoms with van der Waals surface area (Å²) in [5, 5.41) is 0. The second kappa shape index (κ2) is 49.0. The van der Waals surface area contributed by atoms with Gasteiger partial charge in [-0.1, -0.05) is 132 Å². The molecule has 0 amide bonds. The summed E-state index contributed by atoms with van der Waals surface area (Å²) < 4.78 is 50.9. The van der Waals surface area contributed by atoms with Crippen LogP contribution in [0.4, 0.5) is 0 Å². The Hall–Kier alpha value is -0.360. The van der Waals surface area contributed by atoms with Gasteiger partial charge < -0.3 is 42.6 Å². The minimum atomic E-state index is 0.351. The van der Waals surface area contributed by atoms with Gasteiger partial charge in [0, 0.05) is 85.9 Å². The third-order valence-corrected chi connectivity index (χ3v) is 31.6. The molecule has 18 rings (SSSR count). The number of fused-ring (bicyclic) bond motifs is 6. The molecule has 18 saturated carbocycles. The quantitative estimate of drug-likeness (QED) is 0.0830. The highest BCUT2D eigenvalue weighted by Gasteiger charge is 2.53. The fraction of sp³-hybridized carbons (Fsp3) is 1.00. The highest BCUT2D eigenvalue weighted by molar-refractivity contribution is 5.04. The van der Waals surface area contributed by atoms with Crippen LogP contribution in [0.15, 0.2) is 0 Å². The minimum Gasteiger partial charge on any atom is -0.382 e. The Morgan fingerprint density at radius 1 is 0.355 bits per heavy atom. The zero-order chi connectivity index (χ0) is 76.6. The van der Waals surface area contributed by atoms with E-state index in [0.29, 0.717) is 40.8 Å². The van der Waals surface area contributed by atoms with Gasteiger partial charge in [0.2, 0.25) is 0 Å². The maximum absolute atomic E-state index is 6.04. The van der Waals surface area contributed by atoms with Crippen LogP contribution in [0.3, 0.4) is 0 Å². The summed E-state index contributed by atoms with van der Waals surface area (Å²) in [7, 11) is 0. The summed E-state index contributed by atoms with van der Waals surface area (Å²) in [6.07, 6.45) is 62.6. The van der Waals surface area contributed by atoms with Crippen molar-refractivity contribution in [2.75, 3.05) is 85.9 Å². The first kappa shape index (κ1) is 92.2. The van der Waals surface area contributed by atoms with Gasteiger partial charge in [0.15, 0.2) is 0 Å². The number of rotatable bonds is 25. The molecule has 14 bridgehead atoms. The molecule has 0 aromatic carbocycles. The standard InChI is InChI=1S/C13H26O.2C12H20O.C12H24O.C11H20O.C10H18O.C10H20O.C9H16O.C9H18O/c1-6-14-11-9-7-8-10-13(11,5)12(2,3)4;1-2-13-12-6-9-3-10(7-12)5-11(4-9)8-12;1-2-13-12-10-4-8-3-9(6-10)7-11(12)5-8;1-5-13-12-8-10(4)6-7-11(12)9(2)3;1-2-12-6-5-11-8-9-3-4-10(11)7-9;1-2-11-7-10-6-8-3-4-9(10)5-8;1-2-11-9-8-10-6-4-3-5-7-10;1-2-10-9-6-7-3-4-8(9)5-7;1-2-10-8-9-6-4-3-5-7-9/h11H,6-10H2,1-5H3;9-11H,2-8H2,1H3;8-12H,2-7H2,1H3;9-12H,5-8H2,1-4H3;9-11H,2-8H2,1H3;8-10H,2-7H2,1H3;10H,2-9H2,1H3;7-9H,2-6H2,1H3;9H,2-8H2,1H3. The maximum Gasteiger partial charge on any atom is 0.0690 e. The largest absolute Gasteiger partial charge is 0.382 e. The van der Waals surface area contributed by atoms with Gasteiger partial charge in [-0.15, -0.1) is 0 Å². The van der Waals surface area contributed by atoms with Crippen molar-refractivity contribution in [3.8, 4) is 0 Å². The normalized spacial score (nSPS) is 38.6. The first-order chi connectivity index (χ1) is 51.8. The molecule has 628 valence electrons. The van der Waals surface area contributed by atoms with Crippen molar-refractivity contribution < 1.29 is 42.6 Å². The van der Waals surface area contributed by atoms with Gasteiger partial charge in [-0.05, 0) is 378 Å². The molecule has 0 aromatic heterocycles. The molecule has 9 nitrogen and oxygen atoms in total. The van der Waals surface area contributed by atoms with Crippen LogP contribution >= 0.6 is 0 Å². The van der Waals surface area contributed by atoms with Crippen LogP contribution < -0.4 is 0 Å². The highest BCUT2D eigenvalue weighted by Crippen LogP contribution is 2.58. The molecule has 0 saturated heterocycles. The minimum absolute atomic E-state index is 0.351. The Kier molecular flexibility index (Phi) is 42.2. The van der Waals surface area contributed by atoms with E-state index in [1.165, 1.54) is 263 Å². The third-order valence-electron chi connectivity index (χ3n) is 31.6. The van der Waals surface area contributed by atoms with Gasteiger partial charge in [-0.3, -0.25) is 0 Å². The van der Waals surface area contributed by atoms with Crippen molar-refractivity contribution in [2.45, 2.75) is 410 Å². The van der Waals surface area contributed by atoms with Crippen molar-refractivity contribution in [2.24, 2.45) is 129 Å². The molecule has 14 atom stereocenters. The molecular weight excluding hydrogens is 1320 g/mol. The first-order valence-electron chi connectivity index (χ1n) is 48.2. The fourth-order valence-corrected chi connectivity index (χ4v) is 26.1. The smallest absolute Gasteiger partial charge is 0.0690 e. The van der Waals surface area contributed by atoms with Crippen LogP contribution in [0.1, 0.15) is 380 Å². The molecule has 14 unspecified atom stereocenters. The summed E-state index contributed by atoms with van der Waals surface area (Å²) >= 11 is 0. The molecule has 9 heteroatoms. The summed E-state index contributed by atoms with van der Waals surface area (Å²) in [5.41, 5.74) is 1.07. The van der Waals surface area contributed by atoms with Gasteiger partial charge >= 0.3 is 0 Å². The van der Waals surface area contributed by atoms with E-state index >= 15 is 0 Å². The lowest BCUT2D eigenvalue weighted by Crippen LogP contribution is -2.51. The molecular formula is C98H182O9. The van der Waals surface area contributed by atoms with Crippen LogP contribution in [0.25, 0.3) is 0 Å². The zero-order valence-corrected chi connectivity index (χ0v) is 73.9. The summed E-state index contributed by atoms with van der Waals surface area (Å²) in [6, 6.07) is 0. The van der Waals surface area contributed by atoms with E-state index in [1.807, 2.05) is 0 Å². The van der Waals surface area contributed by atoms with Gasteiger partial charge in [0.1, 0.15) is 0 Å². The topological polar surface area (TPSA) is 83.1 Å².